The molecular weight excluding hydrogens is 314 g/mol. The van der Waals surface area contributed by atoms with Gasteiger partial charge in [0, 0.05) is 42.9 Å². The summed E-state index contributed by atoms with van der Waals surface area (Å²) in [4.78, 5) is 29.1. The van der Waals surface area contributed by atoms with E-state index in [0.717, 1.165) is 30.7 Å². The molecule has 1 aromatic carbocycles. The molecule has 1 aliphatic carbocycles. The second-order valence-electron chi connectivity index (χ2n) is 6.15. The van der Waals surface area contributed by atoms with Crippen molar-refractivity contribution in [2.45, 2.75) is 32.7 Å². The number of nitrogens with zero attached hydrogens (tertiary/aromatic N) is 1. The molecule has 1 aliphatic rings. The van der Waals surface area contributed by atoms with E-state index in [1.54, 1.807) is 14.0 Å². The quantitative estimate of drug-likeness (QED) is 0.937. The molecule has 1 heterocycles. The van der Waals surface area contributed by atoms with Crippen LogP contribution in [0.2, 0.25) is 0 Å². The van der Waals surface area contributed by atoms with Gasteiger partial charge in [-0.2, -0.15) is 0 Å². The Hall–Kier alpha value is -2.50. The van der Waals surface area contributed by atoms with Gasteiger partial charge < -0.3 is 9.88 Å². The predicted molar refractivity (Wildman–Crippen MR) is 85.0 cm³/mol. The number of aryl methyl sites for hydroxylation is 1. The van der Waals surface area contributed by atoms with E-state index in [1.165, 1.54) is 11.0 Å². The van der Waals surface area contributed by atoms with Crippen LogP contribution >= 0.6 is 0 Å². The molecule has 0 radical (unpaired) electrons. The number of fused-ring (bicyclic) bond motifs is 1. The first-order valence-corrected chi connectivity index (χ1v) is 7.82. The first-order chi connectivity index (χ1) is 11.4. The van der Waals surface area contributed by atoms with Crippen molar-refractivity contribution in [3.8, 4) is 0 Å². The molecule has 0 spiro atoms. The minimum atomic E-state index is -0.688. The third-order valence-corrected chi connectivity index (χ3v) is 4.42. The molecule has 4 nitrogen and oxygen atoms in total. The van der Waals surface area contributed by atoms with Gasteiger partial charge in [0.05, 0.1) is 0 Å². The van der Waals surface area contributed by atoms with E-state index in [0.29, 0.717) is 23.2 Å². The maximum atomic E-state index is 13.8. The van der Waals surface area contributed by atoms with Crippen molar-refractivity contribution in [2.24, 2.45) is 0 Å². The summed E-state index contributed by atoms with van der Waals surface area (Å²) in [5, 5.41) is 0. The highest BCUT2D eigenvalue weighted by Crippen LogP contribution is 2.27. The number of Topliss-reactive ketones (excluding diaryl/α,β-unsaturated/α-hetero) is 1. The molecule has 1 aromatic heterocycles. The van der Waals surface area contributed by atoms with Crippen LogP contribution in [0.1, 0.15) is 50.5 Å². The molecule has 3 rings (SSSR count). The minimum Gasteiger partial charge on any atom is -0.354 e. The lowest BCUT2D eigenvalue weighted by atomic mass is 9.94. The summed E-state index contributed by atoms with van der Waals surface area (Å²) >= 11 is 0. The van der Waals surface area contributed by atoms with Gasteiger partial charge in [-0.05, 0) is 31.4 Å². The summed E-state index contributed by atoms with van der Waals surface area (Å²) in [6, 6.07) is 3.28. The molecule has 0 saturated heterocycles. The molecule has 0 atom stereocenters. The summed E-state index contributed by atoms with van der Waals surface area (Å²) in [7, 11) is 1.55. The van der Waals surface area contributed by atoms with Crippen LogP contribution in [0.3, 0.4) is 0 Å². The van der Waals surface area contributed by atoms with Crippen molar-refractivity contribution < 1.29 is 18.4 Å². The number of rotatable bonds is 3. The second kappa shape index (κ2) is 6.19. The van der Waals surface area contributed by atoms with Crippen LogP contribution in [-0.4, -0.2) is 28.6 Å². The van der Waals surface area contributed by atoms with Crippen LogP contribution in [0.25, 0.3) is 0 Å². The molecule has 0 saturated carbocycles. The number of hydrogen-bond acceptors (Lipinski definition) is 2. The Balaban J connectivity index is 1.85. The molecule has 1 amide bonds. The van der Waals surface area contributed by atoms with E-state index in [-0.39, 0.29) is 23.8 Å². The Labute approximate surface area is 138 Å². The molecule has 24 heavy (non-hydrogen) atoms. The van der Waals surface area contributed by atoms with E-state index in [1.807, 2.05) is 0 Å². The Morgan fingerprint density at radius 2 is 2.04 bits per heavy atom. The van der Waals surface area contributed by atoms with Crippen molar-refractivity contribution in [1.82, 2.24) is 9.88 Å². The highest BCUT2D eigenvalue weighted by molar-refractivity contribution is 6.04. The van der Waals surface area contributed by atoms with Crippen molar-refractivity contribution in [3.05, 3.63) is 57.9 Å². The fourth-order valence-electron chi connectivity index (χ4n) is 3.16. The lowest BCUT2D eigenvalue weighted by Crippen LogP contribution is -2.27. The predicted octanol–water partition coefficient (Wildman–Crippen LogP) is 3.39. The summed E-state index contributed by atoms with van der Waals surface area (Å²) in [6.45, 7) is 1.76. The number of nitrogens with one attached hydrogen (secondary N) is 1. The topological polar surface area (TPSA) is 53.2 Å². The highest BCUT2D eigenvalue weighted by atomic mass is 19.1. The van der Waals surface area contributed by atoms with Crippen LogP contribution in [0, 0.1) is 18.6 Å². The number of benzene rings is 1. The van der Waals surface area contributed by atoms with Crippen molar-refractivity contribution >= 4 is 11.7 Å². The fourth-order valence-corrected chi connectivity index (χ4v) is 3.16. The zero-order valence-electron chi connectivity index (χ0n) is 13.6. The Morgan fingerprint density at radius 3 is 2.71 bits per heavy atom. The largest absolute Gasteiger partial charge is 0.354 e. The Bertz CT molecular complexity index is 827. The van der Waals surface area contributed by atoms with Gasteiger partial charge in [0.15, 0.2) is 5.78 Å². The summed E-state index contributed by atoms with van der Waals surface area (Å²) in [5.74, 6) is -1.61. The van der Waals surface area contributed by atoms with Gasteiger partial charge in [0.2, 0.25) is 0 Å². The Morgan fingerprint density at radius 1 is 1.29 bits per heavy atom. The average molecular weight is 332 g/mol. The number of ketones is 1. The van der Waals surface area contributed by atoms with Gasteiger partial charge in [-0.1, -0.05) is 6.07 Å². The van der Waals surface area contributed by atoms with Gasteiger partial charge in [-0.3, -0.25) is 9.59 Å². The van der Waals surface area contributed by atoms with Crippen molar-refractivity contribution in [2.75, 3.05) is 7.05 Å². The lowest BCUT2D eigenvalue weighted by Gasteiger charge is -2.17. The van der Waals surface area contributed by atoms with Gasteiger partial charge in [-0.15, -0.1) is 0 Å². The zero-order valence-corrected chi connectivity index (χ0v) is 13.6. The van der Waals surface area contributed by atoms with Crippen molar-refractivity contribution in [3.63, 3.8) is 0 Å². The minimum absolute atomic E-state index is 0.0159. The number of aromatic amines is 1. The monoisotopic (exact) mass is 332 g/mol. The average Bonchev–Trinajstić information content (AvgIpc) is 2.87. The third kappa shape index (κ3) is 2.84. The molecule has 1 N–H and O–H groups in total. The highest BCUT2D eigenvalue weighted by Gasteiger charge is 2.27. The summed E-state index contributed by atoms with van der Waals surface area (Å²) in [6.07, 6.45) is 2.01. The first kappa shape index (κ1) is 16.4. The molecule has 0 unspecified atom stereocenters. The van der Waals surface area contributed by atoms with Crippen molar-refractivity contribution in [1.29, 1.82) is 0 Å². The standard InChI is InChI=1S/C18H18F2N2O2/c1-10-16-14(4-3-5-15(16)23)21-17(10)18(24)22(2)9-11-6-7-12(19)8-13(11)20/h6-8,21H,3-5,9H2,1-2H3. The zero-order chi connectivity index (χ0) is 17.4. The van der Waals surface area contributed by atoms with E-state index >= 15 is 0 Å². The number of amides is 1. The molecule has 6 heteroatoms. The van der Waals surface area contributed by atoms with E-state index in [9.17, 15) is 18.4 Å². The van der Waals surface area contributed by atoms with Gasteiger partial charge in [0.25, 0.3) is 5.91 Å². The fraction of sp³-hybridized carbons (Fsp3) is 0.333. The van der Waals surface area contributed by atoms with Crippen LogP contribution in [0.15, 0.2) is 18.2 Å². The maximum absolute atomic E-state index is 13.8. The summed E-state index contributed by atoms with van der Waals surface area (Å²) in [5.41, 5.74) is 2.66. The molecular formula is C18H18F2N2O2. The SMILES string of the molecule is Cc1c(C(=O)N(C)Cc2ccc(F)cc2F)[nH]c2c1C(=O)CCC2. The van der Waals surface area contributed by atoms with Crippen LogP contribution in [-0.2, 0) is 13.0 Å². The Kier molecular flexibility index (Phi) is 4.22. The maximum Gasteiger partial charge on any atom is 0.270 e. The van der Waals surface area contributed by atoms with E-state index < -0.39 is 11.6 Å². The van der Waals surface area contributed by atoms with E-state index in [2.05, 4.69) is 4.98 Å². The first-order valence-electron chi connectivity index (χ1n) is 7.82. The number of H-pyrrole nitrogens is 1. The van der Waals surface area contributed by atoms with Crippen LogP contribution in [0.5, 0.6) is 0 Å². The van der Waals surface area contributed by atoms with Gasteiger partial charge >= 0.3 is 0 Å². The van der Waals surface area contributed by atoms with Crippen LogP contribution in [0.4, 0.5) is 8.78 Å². The second-order valence-corrected chi connectivity index (χ2v) is 6.15. The number of halogens is 2. The molecule has 0 fully saturated rings. The molecule has 0 bridgehead atoms. The lowest BCUT2D eigenvalue weighted by molar-refractivity contribution is 0.0777. The smallest absolute Gasteiger partial charge is 0.270 e. The number of carbonyl (C=O) groups excluding carboxylic acids is 2. The number of aromatic nitrogens is 1. The number of hydrogen-bond donors (Lipinski definition) is 1. The molecule has 2 aromatic rings. The normalized spacial score (nSPS) is 13.8. The van der Waals surface area contributed by atoms with E-state index in [4.69, 9.17) is 0 Å². The number of carbonyl (C=O) groups is 2. The molecule has 0 aliphatic heterocycles. The van der Waals surface area contributed by atoms with Crippen LogP contribution < -0.4 is 0 Å². The van der Waals surface area contributed by atoms with Gasteiger partial charge in [0.1, 0.15) is 17.3 Å². The third-order valence-electron chi connectivity index (χ3n) is 4.42. The molecule has 126 valence electrons. The summed E-state index contributed by atoms with van der Waals surface area (Å²) < 4.78 is 26.7. The van der Waals surface area contributed by atoms with Gasteiger partial charge in [-0.25, -0.2) is 8.78 Å².